The Hall–Kier alpha value is -1.82. The summed E-state index contributed by atoms with van der Waals surface area (Å²) < 4.78 is 24.7. The smallest absolute Gasteiger partial charge is 0.407 e. The Morgan fingerprint density at radius 1 is 1.38 bits per heavy atom. The summed E-state index contributed by atoms with van der Waals surface area (Å²) in [6, 6.07) is 4.09. The number of amides is 1. The maximum atomic E-state index is 13.4. The SMILES string of the molecule is C[C@@H](N)c1cc(F)ccc1O[C@@H]1CC[C@@H](NC(=O)OC(C)(C)C)C1. The molecule has 134 valence electrons. The van der Waals surface area contributed by atoms with Crippen LogP contribution in [-0.2, 0) is 4.74 Å². The summed E-state index contributed by atoms with van der Waals surface area (Å²) in [6.07, 6.45) is 1.88. The van der Waals surface area contributed by atoms with Gasteiger partial charge in [-0.1, -0.05) is 0 Å². The van der Waals surface area contributed by atoms with Crippen molar-refractivity contribution < 1.29 is 18.7 Å². The van der Waals surface area contributed by atoms with Crippen molar-refractivity contribution in [3.05, 3.63) is 29.6 Å². The van der Waals surface area contributed by atoms with E-state index >= 15 is 0 Å². The van der Waals surface area contributed by atoms with Gasteiger partial charge in [0.2, 0.25) is 0 Å². The Balaban J connectivity index is 1.92. The van der Waals surface area contributed by atoms with Gasteiger partial charge in [-0.05, 0) is 58.7 Å². The van der Waals surface area contributed by atoms with Gasteiger partial charge in [0.1, 0.15) is 23.3 Å². The van der Waals surface area contributed by atoms with Crippen LogP contribution in [0.15, 0.2) is 18.2 Å². The normalized spacial score (nSPS) is 22.1. The summed E-state index contributed by atoms with van der Waals surface area (Å²) in [7, 11) is 0. The van der Waals surface area contributed by atoms with Gasteiger partial charge in [-0.3, -0.25) is 0 Å². The van der Waals surface area contributed by atoms with Crippen LogP contribution in [-0.4, -0.2) is 23.8 Å². The largest absolute Gasteiger partial charge is 0.490 e. The number of hydrogen-bond donors (Lipinski definition) is 2. The third-order valence-corrected chi connectivity index (χ3v) is 3.86. The first kappa shape index (κ1) is 18.5. The van der Waals surface area contributed by atoms with Gasteiger partial charge in [0.15, 0.2) is 0 Å². The third-order valence-electron chi connectivity index (χ3n) is 3.86. The summed E-state index contributed by atoms with van der Waals surface area (Å²) >= 11 is 0. The second-order valence-electron chi connectivity index (χ2n) is 7.37. The highest BCUT2D eigenvalue weighted by Gasteiger charge is 2.29. The molecule has 0 saturated heterocycles. The summed E-state index contributed by atoms with van der Waals surface area (Å²) in [6.45, 7) is 7.29. The molecule has 1 aliphatic carbocycles. The minimum Gasteiger partial charge on any atom is -0.490 e. The van der Waals surface area contributed by atoms with E-state index in [0.717, 1.165) is 12.8 Å². The highest BCUT2D eigenvalue weighted by atomic mass is 19.1. The van der Waals surface area contributed by atoms with E-state index in [0.29, 0.717) is 17.7 Å². The van der Waals surface area contributed by atoms with Crippen LogP contribution in [0.5, 0.6) is 5.75 Å². The van der Waals surface area contributed by atoms with Crippen LogP contribution in [0.25, 0.3) is 0 Å². The molecular weight excluding hydrogens is 311 g/mol. The molecule has 0 radical (unpaired) electrons. The summed E-state index contributed by atoms with van der Waals surface area (Å²) in [5.74, 6) is 0.278. The third kappa shape index (κ3) is 5.37. The van der Waals surface area contributed by atoms with Crippen molar-refractivity contribution in [2.24, 2.45) is 5.73 Å². The van der Waals surface area contributed by atoms with Crippen LogP contribution >= 0.6 is 0 Å². The number of alkyl carbamates (subject to hydrolysis) is 1. The maximum Gasteiger partial charge on any atom is 0.407 e. The maximum absolute atomic E-state index is 13.4. The first-order chi connectivity index (χ1) is 11.1. The Bertz CT molecular complexity index is 584. The molecule has 0 heterocycles. The zero-order valence-electron chi connectivity index (χ0n) is 14.8. The zero-order valence-corrected chi connectivity index (χ0v) is 14.8. The molecule has 1 amide bonds. The van der Waals surface area contributed by atoms with Gasteiger partial charge in [-0.25, -0.2) is 9.18 Å². The molecule has 2 rings (SSSR count). The molecule has 1 aliphatic rings. The van der Waals surface area contributed by atoms with Crippen LogP contribution in [0.4, 0.5) is 9.18 Å². The molecule has 24 heavy (non-hydrogen) atoms. The fraction of sp³-hybridized carbons (Fsp3) is 0.611. The molecule has 0 aliphatic heterocycles. The van der Waals surface area contributed by atoms with Gasteiger partial charge in [-0.15, -0.1) is 0 Å². The van der Waals surface area contributed by atoms with Crippen molar-refractivity contribution in [1.29, 1.82) is 0 Å². The second kappa shape index (κ2) is 7.38. The standard InChI is InChI=1S/C18H27FN2O3/c1-11(20)15-9-12(19)5-8-16(15)23-14-7-6-13(10-14)21-17(22)24-18(2,3)4/h5,8-9,11,13-14H,6-7,10,20H2,1-4H3,(H,21,22)/t11-,13-,14-/m1/s1. The van der Waals surface area contributed by atoms with Gasteiger partial charge < -0.3 is 20.5 Å². The fourth-order valence-corrected chi connectivity index (χ4v) is 2.81. The molecule has 0 bridgehead atoms. The summed E-state index contributed by atoms with van der Waals surface area (Å²) in [5, 5.41) is 2.87. The van der Waals surface area contributed by atoms with Crippen molar-refractivity contribution in [2.75, 3.05) is 0 Å². The Kier molecular flexibility index (Phi) is 5.70. The number of rotatable bonds is 4. The van der Waals surface area contributed by atoms with Crippen LogP contribution in [0.3, 0.4) is 0 Å². The topological polar surface area (TPSA) is 73.6 Å². The van der Waals surface area contributed by atoms with E-state index in [1.165, 1.54) is 12.1 Å². The molecule has 1 saturated carbocycles. The average Bonchev–Trinajstić information content (AvgIpc) is 2.85. The zero-order chi connectivity index (χ0) is 17.9. The second-order valence-corrected chi connectivity index (χ2v) is 7.37. The highest BCUT2D eigenvalue weighted by Crippen LogP contribution is 2.30. The predicted molar refractivity (Wildman–Crippen MR) is 90.4 cm³/mol. The number of hydrogen-bond acceptors (Lipinski definition) is 4. The van der Waals surface area contributed by atoms with Crippen LogP contribution in [0, 0.1) is 5.82 Å². The number of carbonyl (C=O) groups is 1. The van der Waals surface area contributed by atoms with E-state index in [1.807, 2.05) is 20.8 Å². The lowest BCUT2D eigenvalue weighted by Gasteiger charge is -2.22. The number of nitrogens with two attached hydrogens (primary N) is 1. The Labute approximate surface area is 142 Å². The molecule has 1 fully saturated rings. The van der Waals surface area contributed by atoms with E-state index in [2.05, 4.69) is 5.32 Å². The summed E-state index contributed by atoms with van der Waals surface area (Å²) in [4.78, 5) is 11.8. The van der Waals surface area contributed by atoms with E-state index in [9.17, 15) is 9.18 Å². The van der Waals surface area contributed by atoms with Crippen molar-refractivity contribution >= 4 is 6.09 Å². The highest BCUT2D eigenvalue weighted by molar-refractivity contribution is 5.68. The van der Waals surface area contributed by atoms with Crippen LogP contribution < -0.4 is 15.8 Å². The molecule has 0 spiro atoms. The van der Waals surface area contributed by atoms with Gasteiger partial charge in [-0.2, -0.15) is 0 Å². The van der Waals surface area contributed by atoms with Crippen molar-refractivity contribution in [3.8, 4) is 5.75 Å². The lowest BCUT2D eigenvalue weighted by molar-refractivity contribution is 0.0503. The lowest BCUT2D eigenvalue weighted by atomic mass is 10.1. The number of halogens is 1. The molecule has 3 atom stereocenters. The van der Waals surface area contributed by atoms with E-state index < -0.39 is 11.7 Å². The molecule has 6 heteroatoms. The molecule has 0 unspecified atom stereocenters. The first-order valence-corrected chi connectivity index (χ1v) is 8.35. The quantitative estimate of drug-likeness (QED) is 0.878. The number of nitrogens with one attached hydrogen (secondary N) is 1. The predicted octanol–water partition coefficient (Wildman–Crippen LogP) is 3.67. The van der Waals surface area contributed by atoms with Crippen molar-refractivity contribution in [2.45, 2.75) is 70.7 Å². The first-order valence-electron chi connectivity index (χ1n) is 8.35. The minimum atomic E-state index is -0.515. The molecule has 5 nitrogen and oxygen atoms in total. The van der Waals surface area contributed by atoms with E-state index in [4.69, 9.17) is 15.2 Å². The van der Waals surface area contributed by atoms with Crippen LogP contribution in [0.2, 0.25) is 0 Å². The Morgan fingerprint density at radius 3 is 2.71 bits per heavy atom. The van der Waals surface area contributed by atoms with Gasteiger partial charge in [0.25, 0.3) is 0 Å². The number of carbonyl (C=O) groups excluding carboxylic acids is 1. The van der Waals surface area contributed by atoms with Crippen molar-refractivity contribution in [1.82, 2.24) is 5.32 Å². The molecule has 1 aromatic rings. The molecular formula is C18H27FN2O3. The fourth-order valence-electron chi connectivity index (χ4n) is 2.81. The van der Waals surface area contributed by atoms with E-state index in [1.54, 1.807) is 13.0 Å². The van der Waals surface area contributed by atoms with Crippen molar-refractivity contribution in [3.63, 3.8) is 0 Å². The van der Waals surface area contributed by atoms with Gasteiger partial charge >= 0.3 is 6.09 Å². The minimum absolute atomic E-state index is 0.0176. The lowest BCUT2D eigenvalue weighted by Crippen LogP contribution is -2.38. The van der Waals surface area contributed by atoms with Gasteiger partial charge in [0, 0.05) is 24.1 Å². The Morgan fingerprint density at radius 2 is 2.08 bits per heavy atom. The average molecular weight is 338 g/mol. The molecule has 0 aromatic heterocycles. The number of benzene rings is 1. The van der Waals surface area contributed by atoms with Crippen LogP contribution in [0.1, 0.15) is 58.6 Å². The van der Waals surface area contributed by atoms with Gasteiger partial charge in [0.05, 0.1) is 0 Å². The number of ether oxygens (including phenoxy) is 2. The molecule has 1 aromatic carbocycles. The monoisotopic (exact) mass is 338 g/mol. The van der Waals surface area contributed by atoms with E-state index in [-0.39, 0.29) is 24.0 Å². The molecule has 3 N–H and O–H groups in total. The summed E-state index contributed by atoms with van der Waals surface area (Å²) in [5.41, 5.74) is 6.03.